The Bertz CT molecular complexity index is 260. The van der Waals surface area contributed by atoms with Crippen molar-refractivity contribution < 1.29 is 9.53 Å². The Balaban J connectivity index is 2.79. The average molecular weight is 211 g/mol. The predicted octanol–water partition coefficient (Wildman–Crippen LogP) is 1.88. The molecule has 0 aromatic rings. The van der Waals surface area contributed by atoms with Gasteiger partial charge in [0, 0.05) is 6.54 Å². The minimum atomic E-state index is -0.494. The molecule has 1 rings (SSSR count). The molecule has 3 heteroatoms. The maximum atomic E-state index is 11.8. The van der Waals surface area contributed by atoms with E-state index in [4.69, 9.17) is 4.74 Å². The molecule has 0 spiro atoms. The number of hydrogen-bond acceptors (Lipinski definition) is 3. The summed E-state index contributed by atoms with van der Waals surface area (Å²) in [4.78, 5) is 11.8. The van der Waals surface area contributed by atoms with Gasteiger partial charge in [-0.1, -0.05) is 19.9 Å². The lowest BCUT2D eigenvalue weighted by Gasteiger charge is -2.28. The number of hydrogen-bond donors (Lipinski definition) is 1. The number of esters is 1. The fourth-order valence-electron chi connectivity index (χ4n) is 2.41. The Kier molecular flexibility index (Phi) is 3.55. The molecule has 1 atom stereocenters. The molecule has 1 unspecified atom stereocenters. The lowest BCUT2D eigenvalue weighted by Crippen LogP contribution is -2.51. The van der Waals surface area contributed by atoms with Crippen LogP contribution in [0.15, 0.2) is 12.7 Å². The van der Waals surface area contributed by atoms with Crippen LogP contribution in [0.2, 0.25) is 0 Å². The zero-order chi connectivity index (χ0) is 11.5. The maximum absolute atomic E-state index is 11.8. The number of ether oxygens (including phenoxy) is 1. The molecule has 0 aliphatic heterocycles. The third kappa shape index (κ3) is 2.59. The largest absolute Gasteiger partial charge is 0.468 e. The second-order valence-electron chi connectivity index (χ2n) is 5.08. The van der Waals surface area contributed by atoms with Gasteiger partial charge in [0.05, 0.1) is 7.11 Å². The SMILES string of the molecule is C=CCNC1(C(=O)OC)CCC(C)(C)C1. The molecule has 0 bridgehead atoms. The molecule has 0 heterocycles. The van der Waals surface area contributed by atoms with Crippen molar-refractivity contribution in [2.24, 2.45) is 5.41 Å². The normalized spacial score (nSPS) is 28.7. The van der Waals surface area contributed by atoms with Crippen LogP contribution >= 0.6 is 0 Å². The van der Waals surface area contributed by atoms with Crippen molar-refractivity contribution in [1.82, 2.24) is 5.32 Å². The zero-order valence-corrected chi connectivity index (χ0v) is 9.93. The quantitative estimate of drug-likeness (QED) is 0.570. The summed E-state index contributed by atoms with van der Waals surface area (Å²) >= 11 is 0. The van der Waals surface area contributed by atoms with Crippen molar-refractivity contribution in [1.29, 1.82) is 0 Å². The third-order valence-electron chi connectivity index (χ3n) is 3.17. The smallest absolute Gasteiger partial charge is 0.326 e. The van der Waals surface area contributed by atoms with Gasteiger partial charge in [-0.3, -0.25) is 10.1 Å². The minimum absolute atomic E-state index is 0.144. The van der Waals surface area contributed by atoms with Crippen molar-refractivity contribution in [3.63, 3.8) is 0 Å². The number of carbonyl (C=O) groups excluding carboxylic acids is 1. The van der Waals surface area contributed by atoms with Crippen molar-refractivity contribution in [3.05, 3.63) is 12.7 Å². The Labute approximate surface area is 91.9 Å². The summed E-state index contributed by atoms with van der Waals surface area (Å²) in [5.74, 6) is -0.144. The van der Waals surface area contributed by atoms with Gasteiger partial charge in [-0.15, -0.1) is 6.58 Å². The van der Waals surface area contributed by atoms with Crippen LogP contribution in [0, 0.1) is 5.41 Å². The van der Waals surface area contributed by atoms with Gasteiger partial charge in [0.15, 0.2) is 0 Å². The summed E-state index contributed by atoms with van der Waals surface area (Å²) in [6.45, 7) is 8.68. The molecule has 0 aromatic carbocycles. The predicted molar refractivity (Wildman–Crippen MR) is 60.6 cm³/mol. The summed E-state index contributed by atoms with van der Waals surface area (Å²) in [6, 6.07) is 0. The highest BCUT2D eigenvalue weighted by atomic mass is 16.5. The van der Waals surface area contributed by atoms with Crippen LogP contribution in [0.3, 0.4) is 0 Å². The van der Waals surface area contributed by atoms with Crippen molar-refractivity contribution in [3.8, 4) is 0 Å². The van der Waals surface area contributed by atoms with E-state index in [9.17, 15) is 4.79 Å². The molecule has 1 fully saturated rings. The van der Waals surface area contributed by atoms with E-state index >= 15 is 0 Å². The van der Waals surface area contributed by atoms with Crippen LogP contribution < -0.4 is 5.32 Å². The summed E-state index contributed by atoms with van der Waals surface area (Å²) in [5, 5.41) is 3.26. The molecule has 86 valence electrons. The molecule has 1 N–H and O–H groups in total. The summed E-state index contributed by atoms with van der Waals surface area (Å²) in [7, 11) is 1.45. The van der Waals surface area contributed by atoms with Gasteiger partial charge in [0.25, 0.3) is 0 Å². The first-order chi connectivity index (χ1) is 6.96. The number of nitrogens with one attached hydrogen (secondary N) is 1. The topological polar surface area (TPSA) is 38.3 Å². The Morgan fingerprint density at radius 2 is 2.20 bits per heavy atom. The van der Waals surface area contributed by atoms with Crippen LogP contribution in [0.4, 0.5) is 0 Å². The summed E-state index contributed by atoms with van der Waals surface area (Å²) in [5.41, 5.74) is -0.283. The highest BCUT2D eigenvalue weighted by Gasteiger charge is 2.48. The Hall–Kier alpha value is -0.830. The van der Waals surface area contributed by atoms with E-state index in [1.165, 1.54) is 7.11 Å². The molecule has 1 aliphatic rings. The third-order valence-corrected chi connectivity index (χ3v) is 3.17. The highest BCUT2D eigenvalue weighted by molar-refractivity contribution is 5.81. The molecule has 0 amide bonds. The Morgan fingerprint density at radius 1 is 1.53 bits per heavy atom. The second kappa shape index (κ2) is 4.35. The Morgan fingerprint density at radius 3 is 2.60 bits per heavy atom. The van der Waals surface area contributed by atoms with Gasteiger partial charge >= 0.3 is 5.97 Å². The van der Waals surface area contributed by atoms with E-state index in [-0.39, 0.29) is 11.4 Å². The minimum Gasteiger partial charge on any atom is -0.468 e. The molecular formula is C12H21NO2. The number of methoxy groups -OCH3 is 1. The fraction of sp³-hybridized carbons (Fsp3) is 0.750. The van der Waals surface area contributed by atoms with E-state index in [1.807, 2.05) is 0 Å². The standard InChI is InChI=1S/C12H21NO2/c1-5-8-13-12(10(14)15-4)7-6-11(2,3)9-12/h5,13H,1,6-9H2,2-4H3. The number of rotatable bonds is 4. The fourth-order valence-corrected chi connectivity index (χ4v) is 2.41. The van der Waals surface area contributed by atoms with E-state index in [0.29, 0.717) is 6.54 Å². The molecule has 0 radical (unpaired) electrons. The van der Waals surface area contributed by atoms with Crippen LogP contribution in [0.5, 0.6) is 0 Å². The van der Waals surface area contributed by atoms with E-state index in [0.717, 1.165) is 19.3 Å². The first-order valence-electron chi connectivity index (χ1n) is 5.40. The van der Waals surface area contributed by atoms with Crippen molar-refractivity contribution in [2.75, 3.05) is 13.7 Å². The molecule has 1 aliphatic carbocycles. The van der Waals surface area contributed by atoms with Crippen LogP contribution in [-0.4, -0.2) is 25.2 Å². The monoisotopic (exact) mass is 211 g/mol. The second-order valence-corrected chi connectivity index (χ2v) is 5.08. The van der Waals surface area contributed by atoms with Gasteiger partial charge in [0.2, 0.25) is 0 Å². The molecule has 0 aromatic heterocycles. The van der Waals surface area contributed by atoms with Gasteiger partial charge in [-0.2, -0.15) is 0 Å². The summed E-state index contributed by atoms with van der Waals surface area (Å²) < 4.78 is 4.89. The highest BCUT2D eigenvalue weighted by Crippen LogP contribution is 2.44. The van der Waals surface area contributed by atoms with Gasteiger partial charge in [0.1, 0.15) is 5.54 Å². The molecule has 15 heavy (non-hydrogen) atoms. The van der Waals surface area contributed by atoms with Gasteiger partial charge in [-0.25, -0.2) is 0 Å². The maximum Gasteiger partial charge on any atom is 0.326 e. The molecular weight excluding hydrogens is 190 g/mol. The van der Waals surface area contributed by atoms with E-state index in [1.54, 1.807) is 6.08 Å². The van der Waals surface area contributed by atoms with Gasteiger partial charge in [-0.05, 0) is 24.7 Å². The number of carbonyl (C=O) groups is 1. The van der Waals surface area contributed by atoms with Gasteiger partial charge < -0.3 is 4.74 Å². The zero-order valence-electron chi connectivity index (χ0n) is 9.93. The summed E-state index contributed by atoms with van der Waals surface area (Å²) in [6.07, 6.45) is 4.50. The molecule has 0 saturated heterocycles. The van der Waals surface area contributed by atoms with E-state index < -0.39 is 5.54 Å². The van der Waals surface area contributed by atoms with Crippen LogP contribution in [0.1, 0.15) is 33.1 Å². The van der Waals surface area contributed by atoms with E-state index in [2.05, 4.69) is 25.7 Å². The van der Waals surface area contributed by atoms with Crippen LogP contribution in [-0.2, 0) is 9.53 Å². The van der Waals surface area contributed by atoms with Crippen molar-refractivity contribution in [2.45, 2.75) is 38.6 Å². The van der Waals surface area contributed by atoms with Crippen molar-refractivity contribution >= 4 is 5.97 Å². The lowest BCUT2D eigenvalue weighted by molar-refractivity contribution is -0.148. The van der Waals surface area contributed by atoms with Crippen LogP contribution in [0.25, 0.3) is 0 Å². The first-order valence-corrected chi connectivity index (χ1v) is 5.40. The lowest BCUT2D eigenvalue weighted by atomic mass is 9.87. The molecule has 1 saturated carbocycles. The first kappa shape index (κ1) is 12.2. The molecule has 3 nitrogen and oxygen atoms in total. The average Bonchev–Trinajstić information content (AvgIpc) is 2.51.